The summed E-state index contributed by atoms with van der Waals surface area (Å²) in [6, 6.07) is 7.60. The quantitative estimate of drug-likeness (QED) is 0.767. The van der Waals surface area contributed by atoms with E-state index in [1.165, 1.54) is 21.9 Å². The minimum atomic E-state index is -3.34. The number of nitrogens with zero attached hydrogens (tertiary/aromatic N) is 2. The Labute approximate surface area is 116 Å². The summed E-state index contributed by atoms with van der Waals surface area (Å²) >= 11 is 1.37. The number of aromatic nitrogens is 1. The van der Waals surface area contributed by atoms with Gasteiger partial charge < -0.3 is 4.74 Å². The second-order valence-corrected chi connectivity index (χ2v) is 6.91. The Bertz CT molecular complexity index is 619. The number of hydrogen-bond donors (Lipinski definition) is 0. The summed E-state index contributed by atoms with van der Waals surface area (Å²) in [5.41, 5.74) is 0.813. The van der Waals surface area contributed by atoms with Crippen molar-refractivity contribution in [2.75, 3.05) is 30.3 Å². The van der Waals surface area contributed by atoms with Gasteiger partial charge in [0.15, 0.2) is 5.13 Å². The van der Waals surface area contributed by atoms with Crippen LogP contribution in [0.5, 0.6) is 0 Å². The van der Waals surface area contributed by atoms with Gasteiger partial charge in [0.2, 0.25) is 10.0 Å². The third-order valence-corrected chi connectivity index (χ3v) is 4.87. The molecule has 7 heteroatoms. The molecule has 0 spiro atoms. The van der Waals surface area contributed by atoms with Gasteiger partial charge in [-0.15, -0.1) is 0 Å². The highest BCUT2D eigenvalue weighted by Gasteiger charge is 2.20. The van der Waals surface area contributed by atoms with Crippen LogP contribution in [0, 0.1) is 0 Å². The van der Waals surface area contributed by atoms with Crippen molar-refractivity contribution in [2.24, 2.45) is 0 Å². The molecule has 0 radical (unpaired) electrons. The normalized spacial score (nSPS) is 11.9. The molecule has 19 heavy (non-hydrogen) atoms. The highest BCUT2D eigenvalue weighted by Crippen LogP contribution is 2.29. The van der Waals surface area contributed by atoms with Gasteiger partial charge in [-0.05, 0) is 19.1 Å². The van der Waals surface area contributed by atoms with E-state index in [0.717, 1.165) is 10.2 Å². The van der Waals surface area contributed by atoms with Crippen LogP contribution in [-0.4, -0.2) is 39.4 Å². The zero-order valence-corrected chi connectivity index (χ0v) is 12.5. The van der Waals surface area contributed by atoms with Gasteiger partial charge in [0, 0.05) is 6.61 Å². The van der Waals surface area contributed by atoms with Gasteiger partial charge in [-0.2, -0.15) is 0 Å². The van der Waals surface area contributed by atoms with Crippen molar-refractivity contribution in [3.05, 3.63) is 24.3 Å². The fraction of sp³-hybridized carbons (Fsp3) is 0.417. The summed E-state index contributed by atoms with van der Waals surface area (Å²) in [6.45, 7) is 3.09. The topological polar surface area (TPSA) is 59.5 Å². The predicted octanol–water partition coefficient (Wildman–Crippen LogP) is 2.10. The van der Waals surface area contributed by atoms with Gasteiger partial charge in [0.1, 0.15) is 0 Å². The molecule has 2 aromatic rings. The first-order chi connectivity index (χ1) is 9.02. The number of para-hydroxylation sites is 1. The Morgan fingerprint density at radius 3 is 2.74 bits per heavy atom. The van der Waals surface area contributed by atoms with Gasteiger partial charge >= 0.3 is 0 Å². The number of hydrogen-bond acceptors (Lipinski definition) is 5. The van der Waals surface area contributed by atoms with Crippen LogP contribution in [0.3, 0.4) is 0 Å². The molecule has 1 aromatic carbocycles. The first-order valence-corrected chi connectivity index (χ1v) is 8.60. The summed E-state index contributed by atoms with van der Waals surface area (Å²) in [6.07, 6.45) is 1.19. The van der Waals surface area contributed by atoms with Crippen LogP contribution in [-0.2, 0) is 14.8 Å². The maximum atomic E-state index is 11.8. The summed E-state index contributed by atoms with van der Waals surface area (Å²) in [5.74, 6) is 0. The third kappa shape index (κ3) is 3.43. The summed E-state index contributed by atoms with van der Waals surface area (Å²) in [7, 11) is -3.34. The zero-order valence-electron chi connectivity index (χ0n) is 10.9. The van der Waals surface area contributed by atoms with Crippen LogP contribution < -0.4 is 4.31 Å². The molecule has 0 amide bonds. The highest BCUT2D eigenvalue weighted by atomic mass is 32.2. The lowest BCUT2D eigenvalue weighted by atomic mass is 10.3. The summed E-state index contributed by atoms with van der Waals surface area (Å²) in [5, 5.41) is 0.489. The molecule has 104 valence electrons. The lowest BCUT2D eigenvalue weighted by Gasteiger charge is -2.18. The van der Waals surface area contributed by atoms with E-state index in [1.54, 1.807) is 0 Å². The second kappa shape index (κ2) is 5.85. The van der Waals surface area contributed by atoms with Gasteiger partial charge in [-0.25, -0.2) is 17.7 Å². The lowest BCUT2D eigenvalue weighted by molar-refractivity contribution is 0.156. The molecule has 1 aromatic heterocycles. The molecule has 0 aliphatic heterocycles. The van der Waals surface area contributed by atoms with Crippen molar-refractivity contribution in [3.63, 3.8) is 0 Å². The maximum absolute atomic E-state index is 11.8. The number of fused-ring (bicyclic) bond motifs is 1. The van der Waals surface area contributed by atoms with Gasteiger partial charge in [-0.1, -0.05) is 23.5 Å². The van der Waals surface area contributed by atoms with Gasteiger partial charge in [-0.3, -0.25) is 0 Å². The van der Waals surface area contributed by atoms with Crippen molar-refractivity contribution in [1.29, 1.82) is 0 Å². The Morgan fingerprint density at radius 2 is 2.11 bits per heavy atom. The Kier molecular flexibility index (Phi) is 4.38. The van der Waals surface area contributed by atoms with Crippen molar-refractivity contribution in [1.82, 2.24) is 4.98 Å². The highest BCUT2D eigenvalue weighted by molar-refractivity contribution is 7.92. The molecular formula is C12H16N2O3S2. The Morgan fingerprint density at radius 1 is 1.37 bits per heavy atom. The average Bonchev–Trinajstić information content (AvgIpc) is 2.76. The van der Waals surface area contributed by atoms with Crippen LogP contribution >= 0.6 is 11.3 Å². The van der Waals surface area contributed by atoms with E-state index in [-0.39, 0.29) is 6.54 Å². The second-order valence-electron chi connectivity index (χ2n) is 4.00. The molecule has 0 saturated heterocycles. The third-order valence-electron chi connectivity index (χ3n) is 2.54. The molecule has 0 fully saturated rings. The Hall–Kier alpha value is -1.18. The van der Waals surface area contributed by atoms with E-state index in [0.29, 0.717) is 18.3 Å². The molecule has 2 rings (SSSR count). The first kappa shape index (κ1) is 14.2. The number of thiazole rings is 1. The average molecular weight is 300 g/mol. The molecule has 0 saturated carbocycles. The lowest BCUT2D eigenvalue weighted by Crippen LogP contribution is -2.33. The van der Waals surface area contributed by atoms with Crippen molar-refractivity contribution >= 4 is 36.7 Å². The predicted molar refractivity (Wildman–Crippen MR) is 78.3 cm³/mol. The molecule has 5 nitrogen and oxygen atoms in total. The number of ether oxygens (including phenoxy) is 1. The molecule has 0 unspecified atom stereocenters. The fourth-order valence-electron chi connectivity index (χ4n) is 1.66. The monoisotopic (exact) mass is 300 g/mol. The van der Waals surface area contributed by atoms with E-state index in [4.69, 9.17) is 4.74 Å². The number of sulfonamides is 1. The van der Waals surface area contributed by atoms with E-state index in [1.807, 2.05) is 31.2 Å². The zero-order chi connectivity index (χ0) is 13.9. The van der Waals surface area contributed by atoms with Crippen molar-refractivity contribution in [2.45, 2.75) is 6.92 Å². The molecule has 0 aliphatic rings. The summed E-state index contributed by atoms with van der Waals surface area (Å²) in [4.78, 5) is 4.37. The minimum absolute atomic E-state index is 0.284. The van der Waals surface area contributed by atoms with E-state index in [2.05, 4.69) is 4.98 Å². The molecule has 0 bridgehead atoms. The van der Waals surface area contributed by atoms with Crippen molar-refractivity contribution in [3.8, 4) is 0 Å². The fourth-order valence-corrected chi connectivity index (χ4v) is 3.81. The Balaban J connectivity index is 2.31. The molecule has 0 atom stereocenters. The van der Waals surface area contributed by atoms with Gasteiger partial charge in [0.25, 0.3) is 0 Å². The van der Waals surface area contributed by atoms with Crippen LogP contribution in [0.4, 0.5) is 5.13 Å². The SMILES string of the molecule is CCOCCN(c1nc2ccccc2s1)S(C)(=O)=O. The van der Waals surface area contributed by atoms with Crippen LogP contribution in [0.2, 0.25) is 0 Å². The number of rotatable bonds is 6. The van der Waals surface area contributed by atoms with E-state index < -0.39 is 10.0 Å². The summed E-state index contributed by atoms with van der Waals surface area (Å²) < 4.78 is 31.2. The maximum Gasteiger partial charge on any atom is 0.234 e. The van der Waals surface area contributed by atoms with Crippen LogP contribution in [0.1, 0.15) is 6.92 Å². The molecule has 0 N–H and O–H groups in total. The van der Waals surface area contributed by atoms with Gasteiger partial charge in [0.05, 0.1) is 29.6 Å². The smallest absolute Gasteiger partial charge is 0.234 e. The number of anilines is 1. The van der Waals surface area contributed by atoms with Crippen LogP contribution in [0.25, 0.3) is 10.2 Å². The first-order valence-electron chi connectivity index (χ1n) is 5.93. The van der Waals surface area contributed by atoms with E-state index in [9.17, 15) is 8.42 Å². The number of benzene rings is 1. The molecule has 1 heterocycles. The largest absolute Gasteiger partial charge is 0.380 e. The minimum Gasteiger partial charge on any atom is -0.380 e. The standard InChI is InChI=1S/C12H16N2O3S2/c1-3-17-9-8-14(19(2,15)16)12-13-10-6-4-5-7-11(10)18-12/h4-7H,3,8-9H2,1-2H3. The van der Waals surface area contributed by atoms with Crippen LogP contribution in [0.15, 0.2) is 24.3 Å². The van der Waals surface area contributed by atoms with E-state index >= 15 is 0 Å². The molecule has 0 aliphatic carbocycles. The molecular weight excluding hydrogens is 284 g/mol. The van der Waals surface area contributed by atoms with Crippen molar-refractivity contribution < 1.29 is 13.2 Å².